The van der Waals surface area contributed by atoms with Crippen molar-refractivity contribution in [1.82, 2.24) is 4.72 Å². The van der Waals surface area contributed by atoms with Crippen molar-refractivity contribution in [2.75, 3.05) is 12.3 Å². The lowest BCUT2D eigenvalue weighted by Gasteiger charge is -2.09. The molecule has 0 aliphatic heterocycles. The maximum absolute atomic E-state index is 11.4. The summed E-state index contributed by atoms with van der Waals surface area (Å²) in [6.45, 7) is 2.55. The molecule has 1 aliphatic carbocycles. The van der Waals surface area contributed by atoms with Crippen LogP contribution >= 0.6 is 0 Å². The predicted octanol–water partition coefficient (Wildman–Crippen LogP) is 1.90. The van der Waals surface area contributed by atoms with Gasteiger partial charge in [-0.1, -0.05) is 32.6 Å². The molecule has 0 radical (unpaired) electrons. The molecule has 0 aromatic heterocycles. The number of hydrogen-bond donors (Lipinski definition) is 1. The lowest BCUT2D eigenvalue weighted by atomic mass is 10.1. The Morgan fingerprint density at radius 1 is 1.29 bits per heavy atom. The highest BCUT2D eigenvalue weighted by Crippen LogP contribution is 2.27. The zero-order chi connectivity index (χ0) is 10.4. The maximum atomic E-state index is 11.4. The molecule has 0 heterocycles. The predicted molar refractivity (Wildman–Crippen MR) is 58.7 cm³/mol. The highest BCUT2D eigenvalue weighted by Gasteiger charge is 2.18. The van der Waals surface area contributed by atoms with E-state index < -0.39 is 10.0 Å². The van der Waals surface area contributed by atoms with Crippen LogP contribution in [0, 0.1) is 5.92 Å². The van der Waals surface area contributed by atoms with Crippen molar-refractivity contribution in [2.45, 2.75) is 45.4 Å². The molecule has 1 rings (SSSR count). The largest absolute Gasteiger partial charge is 0.215 e. The topological polar surface area (TPSA) is 46.2 Å². The van der Waals surface area contributed by atoms with Crippen LogP contribution in [0.4, 0.5) is 0 Å². The third-order valence-electron chi connectivity index (χ3n) is 2.84. The van der Waals surface area contributed by atoms with E-state index in [-0.39, 0.29) is 0 Å². The van der Waals surface area contributed by atoms with Gasteiger partial charge >= 0.3 is 0 Å². The first kappa shape index (κ1) is 12.0. The van der Waals surface area contributed by atoms with Crippen LogP contribution in [-0.2, 0) is 10.0 Å². The van der Waals surface area contributed by atoms with Crippen molar-refractivity contribution in [1.29, 1.82) is 0 Å². The summed E-state index contributed by atoms with van der Waals surface area (Å²) in [4.78, 5) is 0. The van der Waals surface area contributed by atoms with E-state index in [2.05, 4.69) is 4.72 Å². The first-order chi connectivity index (χ1) is 6.64. The van der Waals surface area contributed by atoms with Gasteiger partial charge in [-0.05, 0) is 18.8 Å². The fourth-order valence-electron chi connectivity index (χ4n) is 1.95. The fraction of sp³-hybridized carbons (Fsp3) is 1.00. The summed E-state index contributed by atoms with van der Waals surface area (Å²) in [5.74, 6) is 0.978. The molecule has 0 bridgehead atoms. The van der Waals surface area contributed by atoms with E-state index >= 15 is 0 Å². The van der Waals surface area contributed by atoms with Gasteiger partial charge in [0.05, 0.1) is 5.75 Å². The lowest BCUT2D eigenvalue weighted by Crippen LogP contribution is -2.27. The number of rotatable bonds is 6. The molecule has 1 aliphatic rings. The molecule has 0 saturated heterocycles. The van der Waals surface area contributed by atoms with Gasteiger partial charge in [0, 0.05) is 6.54 Å². The third kappa shape index (κ3) is 4.42. The molecule has 84 valence electrons. The number of sulfonamides is 1. The minimum absolute atomic E-state index is 0.317. The van der Waals surface area contributed by atoms with Crippen LogP contribution in [0.25, 0.3) is 0 Å². The van der Waals surface area contributed by atoms with Gasteiger partial charge in [-0.15, -0.1) is 0 Å². The van der Waals surface area contributed by atoms with Crippen molar-refractivity contribution >= 4 is 10.0 Å². The number of nitrogens with one attached hydrogen (secondary N) is 1. The van der Waals surface area contributed by atoms with E-state index in [1.807, 2.05) is 6.92 Å². The van der Waals surface area contributed by atoms with E-state index in [1.54, 1.807) is 0 Å². The Kier molecular flexibility index (Phi) is 4.89. The first-order valence-electron chi connectivity index (χ1n) is 5.61. The molecule has 0 spiro atoms. The van der Waals surface area contributed by atoms with Gasteiger partial charge in [-0.25, -0.2) is 13.1 Å². The Bertz CT molecular complexity index is 243. The van der Waals surface area contributed by atoms with E-state index in [1.165, 1.54) is 25.7 Å². The highest BCUT2D eigenvalue weighted by molar-refractivity contribution is 7.89. The Morgan fingerprint density at radius 2 is 1.93 bits per heavy atom. The van der Waals surface area contributed by atoms with Gasteiger partial charge in [-0.3, -0.25) is 0 Å². The summed E-state index contributed by atoms with van der Waals surface area (Å²) in [7, 11) is -2.98. The Hall–Kier alpha value is -0.0900. The molecule has 0 aromatic rings. The quantitative estimate of drug-likeness (QED) is 0.741. The second-order valence-corrected chi connectivity index (χ2v) is 6.08. The average Bonchev–Trinajstić information content (AvgIpc) is 2.64. The molecule has 1 N–H and O–H groups in total. The smallest absolute Gasteiger partial charge is 0.211 e. The summed E-state index contributed by atoms with van der Waals surface area (Å²) in [5, 5.41) is 0. The second kappa shape index (κ2) is 5.71. The second-order valence-electron chi connectivity index (χ2n) is 4.15. The molecule has 0 aromatic carbocycles. The van der Waals surface area contributed by atoms with Gasteiger partial charge in [-0.2, -0.15) is 0 Å². The molecular formula is C10H21NO2S. The zero-order valence-corrected chi connectivity index (χ0v) is 9.78. The van der Waals surface area contributed by atoms with E-state index in [0.717, 1.165) is 12.8 Å². The number of hydrogen-bond acceptors (Lipinski definition) is 2. The fourth-order valence-corrected chi connectivity index (χ4v) is 3.25. The first-order valence-corrected chi connectivity index (χ1v) is 7.26. The van der Waals surface area contributed by atoms with Gasteiger partial charge in [0.2, 0.25) is 10.0 Å². The van der Waals surface area contributed by atoms with Crippen LogP contribution in [0.15, 0.2) is 0 Å². The molecule has 0 atom stereocenters. The standard InChI is InChI=1S/C10H21NO2S/c1-2-8-11-14(12,13)9-7-10-5-3-4-6-10/h10-11H,2-9H2,1H3. The average molecular weight is 219 g/mol. The summed E-state index contributed by atoms with van der Waals surface area (Å²) >= 11 is 0. The molecule has 0 amide bonds. The maximum Gasteiger partial charge on any atom is 0.211 e. The van der Waals surface area contributed by atoms with Crippen LogP contribution in [0.3, 0.4) is 0 Å². The highest BCUT2D eigenvalue weighted by atomic mass is 32.2. The molecule has 14 heavy (non-hydrogen) atoms. The monoisotopic (exact) mass is 219 g/mol. The molecular weight excluding hydrogens is 198 g/mol. The van der Waals surface area contributed by atoms with Crippen LogP contribution in [-0.4, -0.2) is 20.7 Å². The lowest BCUT2D eigenvalue weighted by molar-refractivity contribution is 0.517. The van der Waals surface area contributed by atoms with Gasteiger partial charge in [0.1, 0.15) is 0 Å². The summed E-state index contributed by atoms with van der Waals surface area (Å²) in [6.07, 6.45) is 6.73. The van der Waals surface area contributed by atoms with Crippen LogP contribution in [0.1, 0.15) is 45.4 Å². The van der Waals surface area contributed by atoms with Crippen LogP contribution in [0.5, 0.6) is 0 Å². The zero-order valence-electron chi connectivity index (χ0n) is 8.96. The third-order valence-corrected chi connectivity index (χ3v) is 4.26. The molecule has 1 saturated carbocycles. The van der Waals surface area contributed by atoms with Crippen molar-refractivity contribution < 1.29 is 8.42 Å². The Morgan fingerprint density at radius 3 is 2.50 bits per heavy atom. The van der Waals surface area contributed by atoms with Gasteiger partial charge < -0.3 is 0 Å². The van der Waals surface area contributed by atoms with Crippen molar-refractivity contribution in [3.05, 3.63) is 0 Å². The van der Waals surface area contributed by atoms with Crippen molar-refractivity contribution in [3.8, 4) is 0 Å². The molecule has 1 fully saturated rings. The summed E-state index contributed by atoms with van der Waals surface area (Å²) < 4.78 is 25.5. The summed E-state index contributed by atoms with van der Waals surface area (Å²) in [6, 6.07) is 0. The van der Waals surface area contributed by atoms with Crippen LogP contribution < -0.4 is 4.72 Å². The van der Waals surface area contributed by atoms with Gasteiger partial charge in [0.25, 0.3) is 0 Å². The molecule has 0 unspecified atom stereocenters. The normalized spacial score (nSPS) is 18.9. The van der Waals surface area contributed by atoms with E-state index in [0.29, 0.717) is 18.2 Å². The molecule has 3 nitrogen and oxygen atoms in total. The Balaban J connectivity index is 2.21. The minimum Gasteiger partial charge on any atom is -0.215 e. The summed E-state index contributed by atoms with van der Waals surface area (Å²) in [5.41, 5.74) is 0. The van der Waals surface area contributed by atoms with Crippen LogP contribution in [0.2, 0.25) is 0 Å². The van der Waals surface area contributed by atoms with Gasteiger partial charge in [0.15, 0.2) is 0 Å². The van der Waals surface area contributed by atoms with E-state index in [4.69, 9.17) is 0 Å². The molecule has 4 heteroatoms. The van der Waals surface area contributed by atoms with Crippen molar-refractivity contribution in [3.63, 3.8) is 0 Å². The SMILES string of the molecule is CCCNS(=O)(=O)CCC1CCCC1. The minimum atomic E-state index is -2.98. The van der Waals surface area contributed by atoms with E-state index in [9.17, 15) is 8.42 Å². The Labute approximate surface area is 87.3 Å². The van der Waals surface area contributed by atoms with Crippen molar-refractivity contribution in [2.24, 2.45) is 5.92 Å².